The predicted molar refractivity (Wildman–Crippen MR) is 191 cm³/mol. The third-order valence-electron chi connectivity index (χ3n) is 9.37. The van der Waals surface area contributed by atoms with Crippen molar-refractivity contribution in [2.45, 2.75) is 0 Å². The van der Waals surface area contributed by atoms with Crippen molar-refractivity contribution in [3.05, 3.63) is 158 Å². The summed E-state index contributed by atoms with van der Waals surface area (Å²) in [5.74, 6) is 1.67. The van der Waals surface area contributed by atoms with Crippen molar-refractivity contribution in [3.8, 4) is 33.9 Å². The van der Waals surface area contributed by atoms with Gasteiger partial charge in [0.05, 0.1) is 22.6 Å². The van der Waals surface area contributed by atoms with Gasteiger partial charge in [-0.25, -0.2) is 4.98 Å². The molecule has 10 rings (SSSR count). The molecule has 0 saturated heterocycles. The molecule has 9 aromatic rings. The van der Waals surface area contributed by atoms with Crippen molar-refractivity contribution in [1.82, 2.24) is 4.98 Å². The monoisotopic (exact) mass is 586 g/mol. The largest absolute Gasteiger partial charge is 0.453 e. The minimum absolute atomic E-state index is 0.835. The van der Waals surface area contributed by atoms with Crippen molar-refractivity contribution in [2.24, 2.45) is 0 Å². The summed E-state index contributed by atoms with van der Waals surface area (Å²) in [4.78, 5) is 7.70. The highest BCUT2D eigenvalue weighted by atomic mass is 16.5. The van der Waals surface area contributed by atoms with Crippen LogP contribution in [-0.4, -0.2) is 4.98 Å². The van der Waals surface area contributed by atoms with Gasteiger partial charge in [-0.15, -0.1) is 0 Å². The van der Waals surface area contributed by atoms with Crippen LogP contribution in [0.3, 0.4) is 0 Å². The molecular formula is C43H26N2O. The maximum Gasteiger partial charge on any atom is 0.151 e. The molecule has 214 valence electrons. The van der Waals surface area contributed by atoms with Crippen LogP contribution in [0, 0.1) is 0 Å². The predicted octanol–water partition coefficient (Wildman–Crippen LogP) is 12.0. The van der Waals surface area contributed by atoms with Crippen LogP contribution in [0.5, 0.6) is 11.5 Å². The maximum atomic E-state index is 6.30. The van der Waals surface area contributed by atoms with Gasteiger partial charge in [-0.1, -0.05) is 115 Å². The second-order valence-corrected chi connectivity index (χ2v) is 12.0. The molecule has 0 unspecified atom stereocenters. The van der Waals surface area contributed by atoms with Gasteiger partial charge in [0, 0.05) is 16.6 Å². The molecular weight excluding hydrogens is 560 g/mol. The molecule has 3 heteroatoms. The Morgan fingerprint density at radius 2 is 1.09 bits per heavy atom. The molecule has 0 spiro atoms. The van der Waals surface area contributed by atoms with E-state index in [4.69, 9.17) is 9.72 Å². The fourth-order valence-corrected chi connectivity index (χ4v) is 7.29. The average Bonchev–Trinajstić information content (AvgIpc) is 3.12. The lowest BCUT2D eigenvalue weighted by atomic mass is 9.90. The standard InChI is InChI=1S/C43H26N2O/c1-2-9-27(10-3-1)35-26-37(32-22-19-30-18-17-28-11-8-12-29-20-23-34(32)43(30)42(28)29)44-36-25-31(21-24-33(35)36)45-38-13-4-6-15-40(38)46-41-16-7-5-14-39(41)45/h1-26H. The highest BCUT2D eigenvalue weighted by molar-refractivity contribution is 6.25. The minimum atomic E-state index is 0.835. The number of ether oxygens (including phenoxy) is 1. The fourth-order valence-electron chi connectivity index (χ4n) is 7.29. The molecule has 0 radical (unpaired) electrons. The van der Waals surface area contributed by atoms with Crippen LogP contribution in [0.25, 0.3) is 65.6 Å². The summed E-state index contributed by atoms with van der Waals surface area (Å²) in [6.45, 7) is 0. The molecule has 0 atom stereocenters. The van der Waals surface area contributed by atoms with Gasteiger partial charge in [-0.3, -0.25) is 0 Å². The smallest absolute Gasteiger partial charge is 0.151 e. The van der Waals surface area contributed by atoms with Crippen molar-refractivity contribution in [1.29, 1.82) is 0 Å². The van der Waals surface area contributed by atoms with Crippen LogP contribution < -0.4 is 9.64 Å². The number of rotatable bonds is 3. The van der Waals surface area contributed by atoms with E-state index in [0.717, 1.165) is 50.7 Å². The van der Waals surface area contributed by atoms with Crippen LogP contribution in [0.2, 0.25) is 0 Å². The van der Waals surface area contributed by atoms with Crippen LogP contribution in [0.15, 0.2) is 158 Å². The number of anilines is 3. The zero-order valence-corrected chi connectivity index (χ0v) is 24.8. The topological polar surface area (TPSA) is 25.4 Å². The molecule has 0 bridgehead atoms. The first-order valence-corrected chi connectivity index (χ1v) is 15.6. The van der Waals surface area contributed by atoms with E-state index in [9.17, 15) is 0 Å². The molecule has 0 fully saturated rings. The molecule has 3 nitrogen and oxygen atoms in total. The Morgan fingerprint density at radius 3 is 1.85 bits per heavy atom. The Balaban J connectivity index is 1.24. The Bertz CT molecular complexity index is 2560. The number of benzene rings is 8. The molecule has 2 heterocycles. The fraction of sp³-hybridized carbons (Fsp3) is 0. The van der Waals surface area contributed by atoms with E-state index < -0.39 is 0 Å². The molecule has 0 saturated carbocycles. The summed E-state index contributed by atoms with van der Waals surface area (Å²) in [6.07, 6.45) is 0. The Morgan fingerprint density at radius 1 is 0.457 bits per heavy atom. The summed E-state index contributed by atoms with van der Waals surface area (Å²) < 4.78 is 6.30. The molecule has 0 aliphatic carbocycles. The lowest BCUT2D eigenvalue weighted by molar-refractivity contribution is 0.477. The van der Waals surface area contributed by atoms with E-state index in [0.29, 0.717) is 0 Å². The van der Waals surface area contributed by atoms with E-state index in [1.807, 2.05) is 24.3 Å². The number of hydrogen-bond donors (Lipinski definition) is 0. The number of nitrogens with zero attached hydrogens (tertiary/aromatic N) is 2. The summed E-state index contributed by atoms with van der Waals surface area (Å²) >= 11 is 0. The normalized spacial score (nSPS) is 12.5. The summed E-state index contributed by atoms with van der Waals surface area (Å²) in [7, 11) is 0. The Hall–Kier alpha value is -6.19. The minimum Gasteiger partial charge on any atom is -0.453 e. The van der Waals surface area contributed by atoms with Gasteiger partial charge >= 0.3 is 0 Å². The summed E-state index contributed by atoms with van der Waals surface area (Å²) in [5, 5.41) is 8.73. The van der Waals surface area contributed by atoms with E-state index in [-0.39, 0.29) is 0 Å². The molecule has 1 aliphatic heterocycles. The van der Waals surface area contributed by atoms with E-state index in [1.54, 1.807) is 0 Å². The third kappa shape index (κ3) is 3.69. The summed E-state index contributed by atoms with van der Waals surface area (Å²) in [5.41, 5.74) is 8.43. The molecule has 1 aliphatic rings. The van der Waals surface area contributed by atoms with Crippen LogP contribution in [0.4, 0.5) is 17.1 Å². The first-order valence-electron chi connectivity index (χ1n) is 15.6. The van der Waals surface area contributed by atoms with Gasteiger partial charge in [0.2, 0.25) is 0 Å². The lowest BCUT2D eigenvalue weighted by Gasteiger charge is -2.32. The molecule has 1 aromatic heterocycles. The Labute approximate surface area is 265 Å². The number of aromatic nitrogens is 1. The highest BCUT2D eigenvalue weighted by Crippen LogP contribution is 2.50. The number of hydrogen-bond acceptors (Lipinski definition) is 3. The third-order valence-corrected chi connectivity index (χ3v) is 9.37. The SMILES string of the molecule is c1ccc(-c2cc(-c3ccc4ccc5cccc6ccc3c4c56)nc3cc(N4c5ccccc5Oc5ccccc54)ccc23)cc1. The van der Waals surface area contributed by atoms with Gasteiger partial charge in [0.1, 0.15) is 0 Å². The molecule has 0 amide bonds. The van der Waals surface area contributed by atoms with Crippen LogP contribution >= 0.6 is 0 Å². The average molecular weight is 587 g/mol. The first kappa shape index (κ1) is 25.2. The van der Waals surface area contributed by atoms with E-state index >= 15 is 0 Å². The number of para-hydroxylation sites is 4. The molecule has 46 heavy (non-hydrogen) atoms. The highest BCUT2D eigenvalue weighted by Gasteiger charge is 2.26. The van der Waals surface area contributed by atoms with Crippen molar-refractivity contribution < 1.29 is 4.74 Å². The summed E-state index contributed by atoms with van der Waals surface area (Å²) in [6, 6.07) is 56.0. The van der Waals surface area contributed by atoms with Crippen molar-refractivity contribution in [2.75, 3.05) is 4.90 Å². The zero-order valence-electron chi connectivity index (χ0n) is 24.8. The van der Waals surface area contributed by atoms with Crippen LogP contribution in [0.1, 0.15) is 0 Å². The van der Waals surface area contributed by atoms with Gasteiger partial charge in [-0.2, -0.15) is 0 Å². The van der Waals surface area contributed by atoms with Gasteiger partial charge in [0.15, 0.2) is 11.5 Å². The zero-order chi connectivity index (χ0) is 30.2. The van der Waals surface area contributed by atoms with Gasteiger partial charge in [0.25, 0.3) is 0 Å². The first-order chi connectivity index (χ1) is 22.8. The second-order valence-electron chi connectivity index (χ2n) is 12.0. The van der Waals surface area contributed by atoms with Crippen molar-refractivity contribution >= 4 is 60.3 Å². The quantitative estimate of drug-likeness (QED) is 0.193. The number of pyridine rings is 1. The maximum absolute atomic E-state index is 6.30. The second kappa shape index (κ2) is 9.65. The number of fused-ring (bicyclic) bond motifs is 3. The van der Waals surface area contributed by atoms with E-state index in [1.165, 1.54) is 43.4 Å². The Kier molecular flexibility index (Phi) is 5.28. The molecule has 8 aromatic carbocycles. The van der Waals surface area contributed by atoms with Crippen LogP contribution in [-0.2, 0) is 0 Å². The lowest BCUT2D eigenvalue weighted by Crippen LogP contribution is -2.15. The molecule has 0 N–H and O–H groups in total. The van der Waals surface area contributed by atoms with Gasteiger partial charge in [-0.05, 0) is 85.9 Å². The van der Waals surface area contributed by atoms with Crippen molar-refractivity contribution in [3.63, 3.8) is 0 Å². The van der Waals surface area contributed by atoms with E-state index in [2.05, 4.69) is 138 Å². The van der Waals surface area contributed by atoms with Gasteiger partial charge < -0.3 is 9.64 Å².